The SMILES string of the molecule is CCS(=O)(=O)Nc1cccc(C(=O)Nc2ccc(-c3cn4ccccc4n3)cc2)c1. The second kappa shape index (κ2) is 8.00. The third kappa shape index (κ3) is 4.33. The molecule has 0 spiro atoms. The Bertz CT molecular complexity index is 1280. The van der Waals surface area contributed by atoms with Crippen LogP contribution >= 0.6 is 0 Å². The van der Waals surface area contributed by atoms with E-state index in [0.717, 1.165) is 16.9 Å². The van der Waals surface area contributed by atoms with Crippen LogP contribution in [0.2, 0.25) is 0 Å². The highest BCUT2D eigenvalue weighted by molar-refractivity contribution is 7.92. The lowest BCUT2D eigenvalue weighted by Crippen LogP contribution is -2.16. The van der Waals surface area contributed by atoms with Gasteiger partial charge >= 0.3 is 0 Å². The Morgan fingerprint density at radius 2 is 1.80 bits per heavy atom. The number of carbonyl (C=O) groups excluding carboxylic acids is 1. The molecule has 4 rings (SSSR count). The molecule has 30 heavy (non-hydrogen) atoms. The predicted molar refractivity (Wildman–Crippen MR) is 118 cm³/mol. The van der Waals surface area contributed by atoms with E-state index in [-0.39, 0.29) is 11.7 Å². The normalized spacial score (nSPS) is 11.4. The number of nitrogens with zero attached hydrogens (tertiary/aromatic N) is 2. The highest BCUT2D eigenvalue weighted by Crippen LogP contribution is 2.22. The summed E-state index contributed by atoms with van der Waals surface area (Å²) in [5, 5.41) is 2.83. The number of pyridine rings is 1. The molecule has 0 radical (unpaired) electrons. The number of aromatic nitrogens is 2. The minimum absolute atomic E-state index is 0.0396. The van der Waals surface area contributed by atoms with Crippen LogP contribution in [-0.2, 0) is 10.0 Å². The van der Waals surface area contributed by atoms with Gasteiger partial charge in [0.05, 0.1) is 11.4 Å². The van der Waals surface area contributed by atoms with Crippen LogP contribution in [0.25, 0.3) is 16.9 Å². The zero-order valence-corrected chi connectivity index (χ0v) is 17.1. The molecule has 7 nitrogen and oxygen atoms in total. The molecule has 0 aliphatic heterocycles. The van der Waals surface area contributed by atoms with Crippen LogP contribution in [0, 0.1) is 0 Å². The standard InChI is InChI=1S/C22H20N4O3S/c1-2-30(28,29)25-19-7-5-6-17(14-19)22(27)23-18-11-9-16(10-12-18)20-15-26-13-4-3-8-21(26)24-20/h3-15,25H,2H2,1H3,(H,23,27). The Morgan fingerprint density at radius 3 is 2.53 bits per heavy atom. The molecule has 0 bridgehead atoms. The maximum absolute atomic E-state index is 12.6. The van der Waals surface area contributed by atoms with Crippen molar-refractivity contribution in [2.75, 3.05) is 15.8 Å². The van der Waals surface area contributed by atoms with E-state index >= 15 is 0 Å². The third-order valence-corrected chi connectivity index (χ3v) is 5.89. The van der Waals surface area contributed by atoms with E-state index in [4.69, 9.17) is 0 Å². The van der Waals surface area contributed by atoms with Crippen molar-refractivity contribution in [1.82, 2.24) is 9.38 Å². The summed E-state index contributed by atoms with van der Waals surface area (Å²) in [5.41, 5.74) is 3.99. The van der Waals surface area contributed by atoms with Gasteiger partial charge in [-0.15, -0.1) is 0 Å². The molecule has 0 atom stereocenters. The number of sulfonamides is 1. The fraction of sp³-hybridized carbons (Fsp3) is 0.0909. The minimum atomic E-state index is -3.40. The number of imidazole rings is 1. The van der Waals surface area contributed by atoms with Crippen molar-refractivity contribution in [2.24, 2.45) is 0 Å². The molecule has 1 amide bonds. The Labute approximate surface area is 174 Å². The van der Waals surface area contributed by atoms with Gasteiger partial charge in [0.2, 0.25) is 10.0 Å². The van der Waals surface area contributed by atoms with Gasteiger partial charge in [0.15, 0.2) is 0 Å². The second-order valence-electron chi connectivity index (χ2n) is 6.71. The Kier molecular flexibility index (Phi) is 5.24. The van der Waals surface area contributed by atoms with E-state index in [1.54, 1.807) is 37.3 Å². The summed E-state index contributed by atoms with van der Waals surface area (Å²) in [4.78, 5) is 17.2. The van der Waals surface area contributed by atoms with Gasteiger partial charge < -0.3 is 9.72 Å². The van der Waals surface area contributed by atoms with Crippen molar-refractivity contribution >= 4 is 33.0 Å². The smallest absolute Gasteiger partial charge is 0.255 e. The molecule has 0 unspecified atom stereocenters. The molecule has 152 valence electrons. The van der Waals surface area contributed by atoms with E-state index in [9.17, 15) is 13.2 Å². The first kappa shape index (κ1) is 19.7. The molecule has 4 aromatic rings. The molecule has 0 aliphatic rings. The van der Waals surface area contributed by atoms with Gasteiger partial charge in [0, 0.05) is 34.9 Å². The monoisotopic (exact) mass is 420 g/mol. The molecule has 2 aromatic heterocycles. The summed E-state index contributed by atoms with van der Waals surface area (Å²) in [6, 6.07) is 19.6. The molecule has 0 aliphatic carbocycles. The second-order valence-corrected chi connectivity index (χ2v) is 8.72. The van der Waals surface area contributed by atoms with E-state index in [0.29, 0.717) is 16.9 Å². The summed E-state index contributed by atoms with van der Waals surface area (Å²) >= 11 is 0. The number of fused-ring (bicyclic) bond motifs is 1. The molecule has 8 heteroatoms. The fourth-order valence-corrected chi connectivity index (χ4v) is 3.61. The van der Waals surface area contributed by atoms with Gasteiger partial charge in [-0.05, 0) is 49.4 Å². The summed E-state index contributed by atoms with van der Waals surface area (Å²) in [6.45, 7) is 1.55. The first-order valence-corrected chi connectivity index (χ1v) is 11.0. The van der Waals surface area contributed by atoms with Gasteiger partial charge in [-0.25, -0.2) is 13.4 Å². The fourth-order valence-electron chi connectivity index (χ4n) is 2.98. The lowest BCUT2D eigenvalue weighted by atomic mass is 10.1. The molecule has 0 fully saturated rings. The maximum Gasteiger partial charge on any atom is 0.255 e. The number of hydrogen-bond donors (Lipinski definition) is 2. The van der Waals surface area contributed by atoms with Crippen LogP contribution in [0.3, 0.4) is 0 Å². The number of benzene rings is 2. The Morgan fingerprint density at radius 1 is 1.00 bits per heavy atom. The van der Waals surface area contributed by atoms with Crippen LogP contribution in [-0.4, -0.2) is 29.5 Å². The summed E-state index contributed by atoms with van der Waals surface area (Å²) < 4.78 is 27.9. The van der Waals surface area contributed by atoms with Gasteiger partial charge in [0.1, 0.15) is 5.65 Å². The largest absolute Gasteiger partial charge is 0.322 e. The molecule has 0 saturated heterocycles. The predicted octanol–water partition coefficient (Wildman–Crippen LogP) is 4.02. The summed E-state index contributed by atoms with van der Waals surface area (Å²) in [6.07, 6.45) is 3.89. The number of rotatable bonds is 6. The molecule has 2 aromatic carbocycles. The average Bonchev–Trinajstić information content (AvgIpc) is 3.18. The molecule has 2 heterocycles. The van der Waals surface area contributed by atoms with Crippen LogP contribution < -0.4 is 10.0 Å². The zero-order chi connectivity index (χ0) is 21.1. The average molecular weight is 420 g/mol. The lowest BCUT2D eigenvalue weighted by molar-refractivity contribution is 0.102. The number of anilines is 2. The number of hydrogen-bond acceptors (Lipinski definition) is 4. The molecule has 2 N–H and O–H groups in total. The highest BCUT2D eigenvalue weighted by atomic mass is 32.2. The zero-order valence-electron chi connectivity index (χ0n) is 16.2. The van der Waals surface area contributed by atoms with E-state index in [1.807, 2.05) is 47.1 Å². The summed E-state index contributed by atoms with van der Waals surface area (Å²) in [5.74, 6) is -0.366. The highest BCUT2D eigenvalue weighted by Gasteiger charge is 2.11. The molecular weight excluding hydrogens is 400 g/mol. The van der Waals surface area contributed by atoms with E-state index in [2.05, 4.69) is 15.0 Å². The van der Waals surface area contributed by atoms with Crippen molar-refractivity contribution < 1.29 is 13.2 Å². The van der Waals surface area contributed by atoms with Gasteiger partial charge in [-0.1, -0.05) is 24.3 Å². The summed E-state index contributed by atoms with van der Waals surface area (Å²) in [7, 11) is -3.40. The first-order chi connectivity index (χ1) is 14.4. The van der Waals surface area contributed by atoms with Crippen LogP contribution in [0.4, 0.5) is 11.4 Å². The van der Waals surface area contributed by atoms with Gasteiger partial charge in [-0.3, -0.25) is 9.52 Å². The van der Waals surface area contributed by atoms with Crippen LogP contribution in [0.1, 0.15) is 17.3 Å². The third-order valence-electron chi connectivity index (χ3n) is 4.58. The van der Waals surface area contributed by atoms with Crippen LogP contribution in [0.5, 0.6) is 0 Å². The van der Waals surface area contributed by atoms with Crippen molar-refractivity contribution in [1.29, 1.82) is 0 Å². The van der Waals surface area contributed by atoms with Crippen molar-refractivity contribution in [3.05, 3.63) is 84.7 Å². The van der Waals surface area contributed by atoms with E-state index in [1.165, 1.54) is 6.07 Å². The quantitative estimate of drug-likeness (QED) is 0.493. The maximum atomic E-state index is 12.6. The topological polar surface area (TPSA) is 92.6 Å². The van der Waals surface area contributed by atoms with Crippen molar-refractivity contribution in [3.8, 4) is 11.3 Å². The van der Waals surface area contributed by atoms with Crippen molar-refractivity contribution in [2.45, 2.75) is 6.92 Å². The Balaban J connectivity index is 1.49. The van der Waals surface area contributed by atoms with Gasteiger partial charge in [-0.2, -0.15) is 0 Å². The minimum Gasteiger partial charge on any atom is -0.322 e. The lowest BCUT2D eigenvalue weighted by Gasteiger charge is -2.09. The number of amides is 1. The molecule has 0 saturated carbocycles. The van der Waals surface area contributed by atoms with Crippen LogP contribution in [0.15, 0.2) is 79.1 Å². The number of carbonyl (C=O) groups is 1. The molecular formula is C22H20N4O3S. The Hall–Kier alpha value is -3.65. The first-order valence-electron chi connectivity index (χ1n) is 9.39. The van der Waals surface area contributed by atoms with E-state index < -0.39 is 10.0 Å². The van der Waals surface area contributed by atoms with Gasteiger partial charge in [0.25, 0.3) is 5.91 Å². The van der Waals surface area contributed by atoms with Crippen molar-refractivity contribution in [3.63, 3.8) is 0 Å². The number of nitrogens with one attached hydrogen (secondary N) is 2.